The Labute approximate surface area is 634 Å². The standard InChI is InChI=1S/C86H151NO18/c1-3-5-7-9-11-13-15-17-19-21-23-25-27-29-30-31-32-33-34-35-36-37-38-40-42-44-46-48-50-52-54-56-58-60-62-64-74(92)87-69(70(91)63-61-59-57-55-53-51-49-47-45-43-41-39-28-26-24-22-20-18-16-14-12-10-8-6-4-2)68-100-84-80(98)77(95)82(72(66-89)102-84)105-86-81(99)78(96)83(73(67-90)103-86)104-85-79(97)76(94)75(93)71(65-88)101-85/h5,7,11,13,17,19,23,25,29-30,32-33,53,55,61,63,69-73,75-86,88-91,93-99H,3-4,6,8-10,12,14-16,18,20-22,24,26-28,31,34-52,54,56-60,62,64-68H2,1-2H3,(H,87,92)/b7-5-,13-11-,19-17-,25-23-,30-29-,33-32-,55-53+,63-61+. The molecule has 0 aliphatic carbocycles. The van der Waals surface area contributed by atoms with Gasteiger partial charge in [0.1, 0.15) is 73.2 Å². The van der Waals surface area contributed by atoms with E-state index in [0.29, 0.717) is 12.8 Å². The normalized spacial score (nSPS) is 26.3. The smallest absolute Gasteiger partial charge is 0.220 e. The highest BCUT2D eigenvalue weighted by molar-refractivity contribution is 5.76. The topological polar surface area (TPSA) is 307 Å². The van der Waals surface area contributed by atoms with Crippen LogP contribution < -0.4 is 5.32 Å². The molecule has 0 spiro atoms. The predicted molar refractivity (Wildman–Crippen MR) is 420 cm³/mol. The average Bonchev–Trinajstić information content (AvgIpc) is 0.781. The number of carbonyl (C=O) groups is 1. The number of carbonyl (C=O) groups excluding carboxylic acids is 1. The summed E-state index contributed by atoms with van der Waals surface area (Å²) >= 11 is 0. The molecular weight excluding hydrogens is 1330 g/mol. The third kappa shape index (κ3) is 45.0. The third-order valence-electron chi connectivity index (χ3n) is 20.4. The van der Waals surface area contributed by atoms with Crippen molar-refractivity contribution in [3.8, 4) is 0 Å². The van der Waals surface area contributed by atoms with Crippen LogP contribution in [0.25, 0.3) is 0 Å². The second-order valence-corrected chi connectivity index (χ2v) is 29.6. The Balaban J connectivity index is 1.36. The molecule has 3 saturated heterocycles. The van der Waals surface area contributed by atoms with Crippen molar-refractivity contribution >= 4 is 5.91 Å². The zero-order valence-corrected chi connectivity index (χ0v) is 65.2. The fraction of sp³-hybridized carbons (Fsp3) is 0.802. The number of amides is 1. The number of hydrogen-bond donors (Lipinski definition) is 12. The Morgan fingerprint density at radius 2 is 0.667 bits per heavy atom. The molecule has 0 aromatic rings. The first-order valence-electron chi connectivity index (χ1n) is 42.0. The van der Waals surface area contributed by atoms with Crippen LogP contribution in [-0.4, -0.2) is 193 Å². The summed E-state index contributed by atoms with van der Waals surface area (Å²) in [5, 5.41) is 121. The van der Waals surface area contributed by atoms with Crippen LogP contribution in [0.4, 0.5) is 0 Å². The second-order valence-electron chi connectivity index (χ2n) is 29.6. The number of nitrogens with one attached hydrogen (secondary N) is 1. The molecule has 1 amide bonds. The van der Waals surface area contributed by atoms with E-state index in [1.807, 2.05) is 6.08 Å². The van der Waals surface area contributed by atoms with Crippen molar-refractivity contribution in [2.24, 2.45) is 0 Å². The molecule has 17 unspecified atom stereocenters. The van der Waals surface area contributed by atoms with E-state index in [0.717, 1.165) is 77.0 Å². The summed E-state index contributed by atoms with van der Waals surface area (Å²) in [6.45, 7) is 1.63. The van der Waals surface area contributed by atoms with Gasteiger partial charge in [-0.25, -0.2) is 0 Å². The first-order valence-corrected chi connectivity index (χ1v) is 42.0. The van der Waals surface area contributed by atoms with E-state index in [-0.39, 0.29) is 18.9 Å². The molecule has 3 aliphatic rings. The molecule has 0 aromatic heterocycles. The Morgan fingerprint density at radius 1 is 0.352 bits per heavy atom. The highest BCUT2D eigenvalue weighted by atomic mass is 16.8. The van der Waals surface area contributed by atoms with Crippen LogP contribution in [-0.2, 0) is 33.2 Å². The minimum absolute atomic E-state index is 0.232. The molecule has 3 aliphatic heterocycles. The predicted octanol–water partition coefficient (Wildman–Crippen LogP) is 14.7. The number of aliphatic hydroxyl groups excluding tert-OH is 11. The Hall–Kier alpha value is -3.29. The van der Waals surface area contributed by atoms with Crippen molar-refractivity contribution < 1.29 is 89.4 Å². The van der Waals surface area contributed by atoms with Gasteiger partial charge >= 0.3 is 0 Å². The number of aliphatic hydroxyl groups is 11. The maximum absolute atomic E-state index is 13.5. The summed E-state index contributed by atoms with van der Waals surface area (Å²) in [5.74, 6) is -0.285. The number of hydrogen-bond acceptors (Lipinski definition) is 18. The summed E-state index contributed by atoms with van der Waals surface area (Å²) in [6.07, 6.45) is 62.5. The van der Waals surface area contributed by atoms with Gasteiger partial charge in [0.25, 0.3) is 0 Å². The minimum Gasteiger partial charge on any atom is -0.394 e. The first-order chi connectivity index (χ1) is 51.3. The van der Waals surface area contributed by atoms with Gasteiger partial charge in [0.15, 0.2) is 18.9 Å². The molecule has 3 fully saturated rings. The fourth-order valence-electron chi connectivity index (χ4n) is 13.7. The summed E-state index contributed by atoms with van der Waals surface area (Å²) in [7, 11) is 0. The van der Waals surface area contributed by atoms with Crippen LogP contribution in [0.2, 0.25) is 0 Å². The highest BCUT2D eigenvalue weighted by Crippen LogP contribution is 2.33. The molecule has 105 heavy (non-hydrogen) atoms. The van der Waals surface area contributed by atoms with Crippen molar-refractivity contribution in [3.05, 3.63) is 97.2 Å². The molecule has 3 heterocycles. The average molecular weight is 1490 g/mol. The van der Waals surface area contributed by atoms with Gasteiger partial charge in [0, 0.05) is 6.42 Å². The Morgan fingerprint density at radius 3 is 1.07 bits per heavy atom. The van der Waals surface area contributed by atoms with Crippen molar-refractivity contribution in [2.75, 3.05) is 26.4 Å². The van der Waals surface area contributed by atoms with Gasteiger partial charge in [-0.05, 0) is 83.5 Å². The van der Waals surface area contributed by atoms with Crippen molar-refractivity contribution in [2.45, 2.75) is 413 Å². The molecule has 0 aromatic carbocycles. The Bertz CT molecular complexity index is 2270. The number of rotatable bonds is 66. The van der Waals surface area contributed by atoms with E-state index in [9.17, 15) is 61.0 Å². The van der Waals surface area contributed by atoms with Gasteiger partial charge < -0.3 is 89.9 Å². The number of ether oxygens (including phenoxy) is 6. The number of allylic oxidation sites excluding steroid dienone is 15. The van der Waals surface area contributed by atoms with Gasteiger partial charge in [-0.1, -0.05) is 317 Å². The molecule has 17 atom stereocenters. The maximum Gasteiger partial charge on any atom is 0.220 e. The van der Waals surface area contributed by atoms with Crippen LogP contribution in [0.15, 0.2) is 97.2 Å². The van der Waals surface area contributed by atoms with Gasteiger partial charge in [-0.2, -0.15) is 0 Å². The SMILES string of the molecule is CC/C=C\C/C=C\C/C=C\C/C=C\C/C=C\C/C=C\CCCCCCCCCCCCCCCCCCC(=O)NC(COC1OC(CO)C(OC2OC(CO)C(OC3OC(CO)C(O)C(O)C3O)C(O)C2O)C(O)C1O)C(O)/C=C/CC/C=C/CCCCCCCCCCCCCCCCCCCCC. The summed E-state index contributed by atoms with van der Waals surface area (Å²) in [6, 6.07) is -0.996. The van der Waals surface area contributed by atoms with Gasteiger partial charge in [0.05, 0.1) is 38.6 Å². The fourth-order valence-corrected chi connectivity index (χ4v) is 13.7. The zero-order chi connectivity index (χ0) is 76.0. The van der Waals surface area contributed by atoms with Crippen LogP contribution in [0, 0.1) is 0 Å². The largest absolute Gasteiger partial charge is 0.394 e. The lowest BCUT2D eigenvalue weighted by molar-refractivity contribution is -0.379. The molecule has 0 bridgehead atoms. The zero-order valence-electron chi connectivity index (χ0n) is 65.2. The monoisotopic (exact) mass is 1490 g/mol. The molecule has 0 saturated carbocycles. The molecule has 0 radical (unpaired) electrons. The molecule has 608 valence electrons. The lowest BCUT2D eigenvalue weighted by Crippen LogP contribution is -2.66. The van der Waals surface area contributed by atoms with Crippen molar-refractivity contribution in [1.82, 2.24) is 5.32 Å². The lowest BCUT2D eigenvalue weighted by Gasteiger charge is -2.48. The maximum atomic E-state index is 13.5. The van der Waals surface area contributed by atoms with E-state index in [4.69, 9.17) is 28.4 Å². The van der Waals surface area contributed by atoms with E-state index in [1.54, 1.807) is 6.08 Å². The van der Waals surface area contributed by atoms with Crippen molar-refractivity contribution in [1.29, 1.82) is 0 Å². The highest BCUT2D eigenvalue weighted by Gasteiger charge is 2.54. The molecule has 19 nitrogen and oxygen atoms in total. The summed E-state index contributed by atoms with van der Waals surface area (Å²) in [5.41, 5.74) is 0. The molecule has 3 rings (SSSR count). The third-order valence-corrected chi connectivity index (χ3v) is 20.4. The minimum atomic E-state index is -1.98. The van der Waals surface area contributed by atoms with E-state index in [2.05, 4.69) is 104 Å². The van der Waals surface area contributed by atoms with Gasteiger partial charge in [-0.15, -0.1) is 0 Å². The van der Waals surface area contributed by atoms with E-state index < -0.39 is 124 Å². The second kappa shape index (κ2) is 65.4. The summed E-state index contributed by atoms with van der Waals surface area (Å²) in [4.78, 5) is 13.5. The molecular formula is C86H151NO18. The quantitative estimate of drug-likeness (QED) is 0.0199. The number of unbranched alkanes of at least 4 members (excludes halogenated alkanes) is 36. The lowest BCUT2D eigenvalue weighted by atomic mass is 9.96. The molecule has 19 heteroatoms. The van der Waals surface area contributed by atoms with Crippen LogP contribution in [0.5, 0.6) is 0 Å². The van der Waals surface area contributed by atoms with Crippen LogP contribution in [0.1, 0.15) is 309 Å². The van der Waals surface area contributed by atoms with E-state index in [1.165, 1.54) is 199 Å². The first kappa shape index (κ1) is 95.9. The molecule has 12 N–H and O–H groups in total. The van der Waals surface area contributed by atoms with E-state index >= 15 is 0 Å². The van der Waals surface area contributed by atoms with Gasteiger partial charge in [-0.3, -0.25) is 4.79 Å². The van der Waals surface area contributed by atoms with Gasteiger partial charge in [0.2, 0.25) is 5.91 Å². The Kier molecular flexibility index (Phi) is 59.8. The van der Waals surface area contributed by atoms with Crippen LogP contribution >= 0.6 is 0 Å². The van der Waals surface area contributed by atoms with Crippen molar-refractivity contribution in [3.63, 3.8) is 0 Å². The van der Waals surface area contributed by atoms with Crippen LogP contribution in [0.3, 0.4) is 0 Å². The summed E-state index contributed by atoms with van der Waals surface area (Å²) < 4.78 is 34.5.